The van der Waals surface area contributed by atoms with Gasteiger partial charge in [-0.1, -0.05) is 23.7 Å². The fourth-order valence-electron chi connectivity index (χ4n) is 2.33. The first-order valence-electron chi connectivity index (χ1n) is 8.59. The van der Waals surface area contributed by atoms with Crippen LogP contribution >= 0.6 is 11.6 Å². The monoisotopic (exact) mass is 414 g/mol. The molecular formula is C21H19ClN2O5. The zero-order valence-corrected chi connectivity index (χ0v) is 16.9. The molecule has 8 heteroatoms. The number of nitrogens with one attached hydrogen (secondary N) is 1. The maximum Gasteiger partial charge on any atom is 0.513 e. The van der Waals surface area contributed by atoms with Crippen LogP contribution in [0.3, 0.4) is 0 Å². The second-order valence-corrected chi connectivity index (χ2v) is 6.21. The Kier molecular flexibility index (Phi) is 7.63. The third-order valence-corrected chi connectivity index (χ3v) is 4.00. The first-order chi connectivity index (χ1) is 13.9. The summed E-state index contributed by atoms with van der Waals surface area (Å²) in [7, 11) is 1.40. The number of hydrogen-bond donors (Lipinski definition) is 1. The van der Waals surface area contributed by atoms with Crippen LogP contribution in [-0.2, 0) is 9.53 Å². The number of ether oxygens (including phenoxy) is 3. The second kappa shape index (κ2) is 10.2. The van der Waals surface area contributed by atoms with Crippen LogP contribution in [0.2, 0.25) is 5.02 Å². The third kappa shape index (κ3) is 5.99. The Labute approximate surface area is 173 Å². The fraction of sp³-hybridized carbons (Fsp3) is 0.190. The van der Waals surface area contributed by atoms with E-state index in [-0.39, 0.29) is 23.7 Å². The highest BCUT2D eigenvalue weighted by Crippen LogP contribution is 2.29. The molecule has 0 saturated heterocycles. The largest absolute Gasteiger partial charge is 0.513 e. The first-order valence-corrected chi connectivity index (χ1v) is 8.97. The van der Waals surface area contributed by atoms with Gasteiger partial charge < -0.3 is 19.5 Å². The standard InChI is InChI=1S/C21H19ClN2O5/c1-4-28-21(26)29-18-8-6-14(10-19(18)27-3)9-15(12-23)20(25)24-17-11-16(22)7-5-13(17)2/h5-11H,4H2,1-3H3,(H,24,25)/b15-9+. The fourth-order valence-corrected chi connectivity index (χ4v) is 2.50. The summed E-state index contributed by atoms with van der Waals surface area (Å²) in [4.78, 5) is 24.0. The first kappa shape index (κ1) is 21.8. The van der Waals surface area contributed by atoms with Crippen molar-refractivity contribution in [3.63, 3.8) is 0 Å². The average molecular weight is 415 g/mol. The van der Waals surface area contributed by atoms with E-state index in [1.165, 1.54) is 25.3 Å². The van der Waals surface area contributed by atoms with Crippen molar-refractivity contribution in [3.05, 3.63) is 58.1 Å². The number of carbonyl (C=O) groups is 2. The Hall–Kier alpha value is -3.50. The van der Waals surface area contributed by atoms with E-state index in [0.29, 0.717) is 16.3 Å². The van der Waals surface area contributed by atoms with Crippen LogP contribution < -0.4 is 14.8 Å². The van der Waals surface area contributed by atoms with Crippen molar-refractivity contribution >= 4 is 35.4 Å². The summed E-state index contributed by atoms with van der Waals surface area (Å²) >= 11 is 5.96. The number of anilines is 1. The van der Waals surface area contributed by atoms with Crippen LogP contribution in [0.4, 0.5) is 10.5 Å². The molecule has 2 aromatic carbocycles. The topological polar surface area (TPSA) is 97.7 Å². The van der Waals surface area contributed by atoms with Gasteiger partial charge in [0.1, 0.15) is 11.6 Å². The van der Waals surface area contributed by atoms with E-state index in [4.69, 9.17) is 25.8 Å². The predicted molar refractivity (Wildman–Crippen MR) is 109 cm³/mol. The van der Waals surface area contributed by atoms with Crippen molar-refractivity contribution in [2.24, 2.45) is 0 Å². The zero-order chi connectivity index (χ0) is 21.4. The summed E-state index contributed by atoms with van der Waals surface area (Å²) in [5, 5.41) is 12.5. The molecule has 0 heterocycles. The lowest BCUT2D eigenvalue weighted by Gasteiger charge is -2.10. The van der Waals surface area contributed by atoms with Gasteiger partial charge in [0, 0.05) is 10.7 Å². The smallest absolute Gasteiger partial charge is 0.493 e. The molecule has 29 heavy (non-hydrogen) atoms. The van der Waals surface area contributed by atoms with E-state index in [1.54, 1.807) is 31.2 Å². The second-order valence-electron chi connectivity index (χ2n) is 5.78. The van der Waals surface area contributed by atoms with Crippen molar-refractivity contribution < 1.29 is 23.8 Å². The van der Waals surface area contributed by atoms with E-state index < -0.39 is 12.1 Å². The van der Waals surface area contributed by atoms with E-state index in [9.17, 15) is 14.9 Å². The molecule has 0 bridgehead atoms. The molecule has 150 valence electrons. The van der Waals surface area contributed by atoms with E-state index >= 15 is 0 Å². The van der Waals surface area contributed by atoms with Gasteiger partial charge in [0.15, 0.2) is 11.5 Å². The lowest BCUT2D eigenvalue weighted by atomic mass is 10.1. The van der Waals surface area contributed by atoms with E-state index in [2.05, 4.69) is 5.32 Å². The Morgan fingerprint density at radius 3 is 2.62 bits per heavy atom. The van der Waals surface area contributed by atoms with Crippen LogP contribution in [0.15, 0.2) is 42.0 Å². The molecule has 1 amide bonds. The Morgan fingerprint density at radius 1 is 1.21 bits per heavy atom. The van der Waals surface area contributed by atoms with Crippen molar-refractivity contribution in [1.29, 1.82) is 5.26 Å². The molecule has 0 aliphatic heterocycles. The van der Waals surface area contributed by atoms with Crippen molar-refractivity contribution in [2.45, 2.75) is 13.8 Å². The summed E-state index contributed by atoms with van der Waals surface area (Å²) < 4.78 is 15.0. The Bertz CT molecular complexity index is 995. The van der Waals surface area contributed by atoms with E-state index in [1.807, 2.05) is 13.0 Å². The van der Waals surface area contributed by atoms with Gasteiger partial charge in [-0.25, -0.2) is 4.79 Å². The third-order valence-electron chi connectivity index (χ3n) is 3.77. The normalized spacial score (nSPS) is 10.7. The van der Waals surface area contributed by atoms with Crippen molar-refractivity contribution in [3.8, 4) is 17.6 Å². The average Bonchev–Trinajstić information content (AvgIpc) is 2.69. The molecular weight excluding hydrogens is 396 g/mol. The minimum atomic E-state index is -0.858. The van der Waals surface area contributed by atoms with Gasteiger partial charge in [0.05, 0.1) is 13.7 Å². The molecule has 0 aliphatic rings. The van der Waals surface area contributed by atoms with Gasteiger partial charge >= 0.3 is 6.16 Å². The molecule has 0 saturated carbocycles. The number of carbonyl (C=O) groups excluding carboxylic acids is 2. The van der Waals surface area contributed by atoms with Crippen LogP contribution in [0, 0.1) is 18.3 Å². The number of nitrogens with zero attached hydrogens (tertiary/aromatic N) is 1. The maximum atomic E-state index is 12.5. The number of hydrogen-bond acceptors (Lipinski definition) is 6. The van der Waals surface area contributed by atoms with Crippen molar-refractivity contribution in [1.82, 2.24) is 0 Å². The maximum absolute atomic E-state index is 12.5. The molecule has 0 spiro atoms. The number of amides is 1. The SMILES string of the molecule is CCOC(=O)Oc1ccc(/C=C(\C#N)C(=O)Nc2cc(Cl)ccc2C)cc1OC. The number of halogens is 1. The molecule has 2 rings (SSSR count). The summed E-state index contributed by atoms with van der Waals surface area (Å²) in [6.07, 6.45) is 0.536. The van der Waals surface area contributed by atoms with Gasteiger partial charge in [-0.15, -0.1) is 0 Å². The Morgan fingerprint density at radius 2 is 1.97 bits per heavy atom. The molecule has 0 fully saturated rings. The quantitative estimate of drug-likeness (QED) is 0.317. The molecule has 0 radical (unpaired) electrons. The summed E-state index contributed by atoms with van der Waals surface area (Å²) in [6, 6.07) is 11.5. The zero-order valence-electron chi connectivity index (χ0n) is 16.1. The molecule has 0 aromatic heterocycles. The van der Waals surface area contributed by atoms with Crippen LogP contribution in [0.25, 0.3) is 6.08 Å². The summed E-state index contributed by atoms with van der Waals surface area (Å²) in [5.41, 5.74) is 1.71. The van der Waals surface area contributed by atoms with E-state index in [0.717, 1.165) is 5.56 Å². The number of benzene rings is 2. The highest BCUT2D eigenvalue weighted by atomic mass is 35.5. The molecule has 7 nitrogen and oxygen atoms in total. The molecule has 2 aromatic rings. The number of methoxy groups -OCH3 is 1. The predicted octanol–water partition coefficient (Wildman–Crippen LogP) is 4.74. The van der Waals surface area contributed by atoms with Gasteiger partial charge in [0.2, 0.25) is 0 Å². The van der Waals surface area contributed by atoms with Gasteiger partial charge in [-0.05, 0) is 55.3 Å². The van der Waals surface area contributed by atoms with Crippen LogP contribution in [-0.4, -0.2) is 25.8 Å². The van der Waals surface area contributed by atoms with Crippen molar-refractivity contribution in [2.75, 3.05) is 19.0 Å². The highest BCUT2D eigenvalue weighted by molar-refractivity contribution is 6.31. The molecule has 0 atom stereocenters. The lowest BCUT2D eigenvalue weighted by molar-refractivity contribution is -0.112. The van der Waals surface area contributed by atoms with Gasteiger partial charge in [0.25, 0.3) is 5.91 Å². The number of aryl methyl sites for hydroxylation is 1. The van der Waals surface area contributed by atoms with Crippen LogP contribution in [0.1, 0.15) is 18.1 Å². The van der Waals surface area contributed by atoms with Gasteiger partial charge in [-0.3, -0.25) is 4.79 Å². The molecule has 1 N–H and O–H groups in total. The molecule has 0 aliphatic carbocycles. The highest BCUT2D eigenvalue weighted by Gasteiger charge is 2.14. The molecule has 0 unspecified atom stereocenters. The number of rotatable bonds is 6. The summed E-state index contributed by atoms with van der Waals surface area (Å²) in [6.45, 7) is 3.65. The van der Waals surface area contributed by atoms with Crippen LogP contribution in [0.5, 0.6) is 11.5 Å². The number of nitriles is 1. The van der Waals surface area contributed by atoms with Gasteiger partial charge in [-0.2, -0.15) is 5.26 Å². The minimum Gasteiger partial charge on any atom is -0.493 e. The lowest BCUT2D eigenvalue weighted by Crippen LogP contribution is -2.14. The summed E-state index contributed by atoms with van der Waals surface area (Å²) in [5.74, 6) is -0.181. The minimum absolute atomic E-state index is 0.120. The Balaban J connectivity index is 2.25.